The lowest BCUT2D eigenvalue weighted by atomic mass is 9.89. The summed E-state index contributed by atoms with van der Waals surface area (Å²) in [6.07, 6.45) is 7.35. The van der Waals surface area contributed by atoms with Crippen LogP contribution < -0.4 is 10.5 Å². The Kier molecular flexibility index (Phi) is 5.77. The molecule has 0 spiro atoms. The maximum absolute atomic E-state index is 10.7. The van der Waals surface area contributed by atoms with Crippen LogP contribution in [0.15, 0.2) is 36.8 Å². The average molecular weight is 451 g/mol. The van der Waals surface area contributed by atoms with Crippen LogP contribution in [0.5, 0.6) is 11.6 Å². The second-order valence-corrected chi connectivity index (χ2v) is 8.98. The number of ether oxygens (including phenoxy) is 2. The summed E-state index contributed by atoms with van der Waals surface area (Å²) in [7, 11) is 0. The van der Waals surface area contributed by atoms with Gasteiger partial charge in [0.15, 0.2) is 11.6 Å². The number of likely N-dealkylation sites (tertiary alicyclic amines) is 1. The highest BCUT2D eigenvalue weighted by molar-refractivity contribution is 5.63. The molecule has 4 heterocycles. The number of nitrogen functional groups attached to an aromatic ring is 1. The quantitative estimate of drug-likeness (QED) is 0.590. The summed E-state index contributed by atoms with van der Waals surface area (Å²) in [6.45, 7) is 8.01. The Balaban J connectivity index is 1.36. The van der Waals surface area contributed by atoms with E-state index in [2.05, 4.69) is 26.9 Å². The number of aryl methyl sites for hydroxylation is 1. The highest BCUT2D eigenvalue weighted by Crippen LogP contribution is 2.34. The van der Waals surface area contributed by atoms with Crippen molar-refractivity contribution < 1.29 is 14.6 Å². The molecule has 0 amide bonds. The molecule has 0 bridgehead atoms. The first kappa shape index (κ1) is 21.8. The standard InChI is InChI=1S/C24H30N6O3/c1-3-29-6-4-19(5-7-29)30-13-20(11-27-30)33-23-22(25)26-12-21(28-23)17-8-16(2)9-18(10-17)24(31)14-32-15-24/h8-13,19,31H,3-7,14-15H2,1-2H3,(H2,25,26). The zero-order chi connectivity index (χ0) is 23.0. The van der Waals surface area contributed by atoms with Gasteiger partial charge in [-0.1, -0.05) is 18.6 Å². The van der Waals surface area contributed by atoms with Crippen molar-refractivity contribution in [2.75, 3.05) is 38.6 Å². The van der Waals surface area contributed by atoms with Gasteiger partial charge in [0.05, 0.1) is 43.5 Å². The molecule has 1 aromatic carbocycles. The minimum Gasteiger partial charge on any atom is -0.433 e. The molecule has 2 aromatic heterocycles. The van der Waals surface area contributed by atoms with Crippen molar-refractivity contribution in [3.8, 4) is 22.9 Å². The van der Waals surface area contributed by atoms with Crippen molar-refractivity contribution in [2.45, 2.75) is 38.3 Å². The number of nitrogens with zero attached hydrogens (tertiary/aromatic N) is 5. The van der Waals surface area contributed by atoms with Crippen LogP contribution in [-0.4, -0.2) is 62.6 Å². The van der Waals surface area contributed by atoms with E-state index in [-0.39, 0.29) is 11.7 Å². The Morgan fingerprint density at radius 1 is 1.21 bits per heavy atom. The molecule has 0 saturated carbocycles. The first-order chi connectivity index (χ1) is 15.9. The van der Waals surface area contributed by atoms with E-state index in [0.29, 0.717) is 30.7 Å². The van der Waals surface area contributed by atoms with Crippen LogP contribution >= 0.6 is 0 Å². The van der Waals surface area contributed by atoms with Gasteiger partial charge in [0.1, 0.15) is 5.60 Å². The summed E-state index contributed by atoms with van der Waals surface area (Å²) in [5, 5.41) is 15.2. The van der Waals surface area contributed by atoms with E-state index in [0.717, 1.165) is 49.2 Å². The number of nitrogens with two attached hydrogens (primary N) is 1. The normalized spacial score (nSPS) is 18.8. The van der Waals surface area contributed by atoms with Crippen molar-refractivity contribution >= 4 is 5.82 Å². The van der Waals surface area contributed by atoms with Gasteiger partial charge >= 0.3 is 0 Å². The van der Waals surface area contributed by atoms with Gasteiger partial charge < -0.3 is 25.2 Å². The molecule has 2 saturated heterocycles. The topological polar surface area (TPSA) is 112 Å². The van der Waals surface area contributed by atoms with Crippen LogP contribution in [0, 0.1) is 6.92 Å². The fourth-order valence-corrected chi connectivity index (χ4v) is 4.44. The monoisotopic (exact) mass is 450 g/mol. The molecule has 5 rings (SSSR count). The van der Waals surface area contributed by atoms with E-state index >= 15 is 0 Å². The Hall–Kier alpha value is -3.01. The summed E-state index contributed by atoms with van der Waals surface area (Å²) in [4.78, 5) is 11.4. The zero-order valence-electron chi connectivity index (χ0n) is 19.1. The molecule has 0 atom stereocenters. The predicted molar refractivity (Wildman–Crippen MR) is 124 cm³/mol. The smallest absolute Gasteiger partial charge is 0.263 e. The highest BCUT2D eigenvalue weighted by atomic mass is 16.5. The number of aliphatic hydroxyl groups is 1. The van der Waals surface area contributed by atoms with Gasteiger partial charge in [0.25, 0.3) is 5.88 Å². The van der Waals surface area contributed by atoms with Gasteiger partial charge in [-0.2, -0.15) is 5.10 Å². The largest absolute Gasteiger partial charge is 0.433 e. The molecule has 0 unspecified atom stereocenters. The molecule has 33 heavy (non-hydrogen) atoms. The van der Waals surface area contributed by atoms with Crippen LogP contribution in [-0.2, 0) is 10.3 Å². The number of rotatable bonds is 6. The van der Waals surface area contributed by atoms with Gasteiger partial charge in [0, 0.05) is 18.7 Å². The summed E-state index contributed by atoms with van der Waals surface area (Å²) >= 11 is 0. The molecule has 3 aromatic rings. The molecule has 2 fully saturated rings. The van der Waals surface area contributed by atoms with Crippen molar-refractivity contribution in [2.24, 2.45) is 0 Å². The summed E-state index contributed by atoms with van der Waals surface area (Å²) in [5.41, 5.74) is 8.38. The van der Waals surface area contributed by atoms with Crippen LogP contribution in [0.1, 0.15) is 36.9 Å². The van der Waals surface area contributed by atoms with Gasteiger partial charge in [-0.25, -0.2) is 9.97 Å². The van der Waals surface area contributed by atoms with E-state index < -0.39 is 5.60 Å². The van der Waals surface area contributed by atoms with Gasteiger partial charge in [-0.15, -0.1) is 0 Å². The first-order valence-corrected chi connectivity index (χ1v) is 11.4. The molecule has 2 aliphatic rings. The Labute approximate surface area is 193 Å². The molecule has 0 aliphatic carbocycles. The van der Waals surface area contributed by atoms with Gasteiger partial charge in [-0.05, 0) is 44.0 Å². The Morgan fingerprint density at radius 2 is 2.00 bits per heavy atom. The lowest BCUT2D eigenvalue weighted by Crippen LogP contribution is -2.46. The number of aromatic nitrogens is 4. The van der Waals surface area contributed by atoms with Crippen LogP contribution in [0.3, 0.4) is 0 Å². The van der Waals surface area contributed by atoms with E-state index in [1.165, 1.54) is 0 Å². The van der Waals surface area contributed by atoms with E-state index in [1.54, 1.807) is 12.4 Å². The third-order valence-corrected chi connectivity index (χ3v) is 6.53. The molecule has 3 N–H and O–H groups in total. The number of benzene rings is 1. The van der Waals surface area contributed by atoms with Crippen molar-refractivity contribution in [3.05, 3.63) is 47.9 Å². The van der Waals surface area contributed by atoms with Crippen molar-refractivity contribution in [1.29, 1.82) is 0 Å². The summed E-state index contributed by atoms with van der Waals surface area (Å²) < 4.78 is 13.2. The van der Waals surface area contributed by atoms with Gasteiger partial charge in [-0.3, -0.25) is 4.68 Å². The Bertz CT molecular complexity index is 1130. The molecular formula is C24H30N6O3. The molecule has 174 valence electrons. The second kappa shape index (κ2) is 8.74. The maximum Gasteiger partial charge on any atom is 0.263 e. The Morgan fingerprint density at radius 3 is 2.70 bits per heavy atom. The van der Waals surface area contributed by atoms with Crippen molar-refractivity contribution in [1.82, 2.24) is 24.6 Å². The minimum absolute atomic E-state index is 0.210. The van der Waals surface area contributed by atoms with E-state index in [9.17, 15) is 5.11 Å². The van der Waals surface area contributed by atoms with Crippen LogP contribution in [0.2, 0.25) is 0 Å². The number of anilines is 1. The van der Waals surface area contributed by atoms with E-state index in [4.69, 9.17) is 15.2 Å². The molecule has 9 nitrogen and oxygen atoms in total. The maximum atomic E-state index is 10.7. The lowest BCUT2D eigenvalue weighted by Gasteiger charge is -2.37. The van der Waals surface area contributed by atoms with Crippen LogP contribution in [0.4, 0.5) is 5.82 Å². The van der Waals surface area contributed by atoms with Crippen LogP contribution in [0.25, 0.3) is 11.3 Å². The molecular weight excluding hydrogens is 420 g/mol. The third-order valence-electron chi connectivity index (χ3n) is 6.53. The number of hydrogen-bond acceptors (Lipinski definition) is 8. The lowest BCUT2D eigenvalue weighted by molar-refractivity contribution is -0.184. The SMILES string of the molecule is CCN1CCC(n2cc(Oc3nc(-c4cc(C)cc(C5(O)COC5)c4)cnc3N)cn2)CC1. The third kappa shape index (κ3) is 4.44. The fourth-order valence-electron chi connectivity index (χ4n) is 4.44. The highest BCUT2D eigenvalue weighted by Gasteiger charge is 2.38. The number of hydrogen-bond donors (Lipinski definition) is 2. The fraction of sp³-hybridized carbons (Fsp3) is 0.458. The minimum atomic E-state index is -0.955. The van der Waals surface area contributed by atoms with Gasteiger partial charge in [0.2, 0.25) is 0 Å². The second-order valence-electron chi connectivity index (χ2n) is 8.98. The predicted octanol–water partition coefficient (Wildman–Crippen LogP) is 2.90. The van der Waals surface area contributed by atoms with E-state index in [1.807, 2.05) is 36.0 Å². The zero-order valence-corrected chi connectivity index (χ0v) is 19.1. The molecule has 0 radical (unpaired) electrons. The average Bonchev–Trinajstić information content (AvgIpc) is 3.27. The summed E-state index contributed by atoms with van der Waals surface area (Å²) in [5.74, 6) is 1.03. The number of piperidine rings is 1. The van der Waals surface area contributed by atoms with Crippen molar-refractivity contribution in [3.63, 3.8) is 0 Å². The first-order valence-electron chi connectivity index (χ1n) is 11.4. The summed E-state index contributed by atoms with van der Waals surface area (Å²) in [6, 6.07) is 6.25. The molecule has 2 aliphatic heterocycles. The molecule has 9 heteroatoms.